The molecule has 2 rings (SSSR count). The molecule has 2 aromatic rings. The summed E-state index contributed by atoms with van der Waals surface area (Å²) in [6, 6.07) is 6.22. The molecule has 1 aromatic heterocycles. The molecule has 5 nitrogen and oxygen atoms in total. The highest BCUT2D eigenvalue weighted by Crippen LogP contribution is 2.17. The van der Waals surface area contributed by atoms with Crippen molar-refractivity contribution in [2.45, 2.75) is 12.8 Å². The van der Waals surface area contributed by atoms with Crippen LogP contribution in [0.5, 0.6) is 0 Å². The van der Waals surface area contributed by atoms with Gasteiger partial charge in [0, 0.05) is 11.8 Å². The van der Waals surface area contributed by atoms with Crippen molar-refractivity contribution in [2.75, 3.05) is 0 Å². The Kier molecular flexibility index (Phi) is 4.54. The smallest absolute Gasteiger partial charge is 0.372 e. The number of carbonyl (C=O) groups excluding carboxylic acids is 2. The molecule has 0 atom stereocenters. The van der Waals surface area contributed by atoms with E-state index < -0.39 is 24.0 Å². The molecule has 1 heterocycles. The number of aliphatic carboxylic acids is 1. The van der Waals surface area contributed by atoms with Crippen molar-refractivity contribution in [3.8, 4) is 0 Å². The van der Waals surface area contributed by atoms with E-state index in [-0.39, 0.29) is 17.2 Å². The number of aromatic nitrogens is 1. The van der Waals surface area contributed by atoms with E-state index in [1.165, 1.54) is 6.07 Å². The number of halogens is 1. The van der Waals surface area contributed by atoms with E-state index in [9.17, 15) is 18.8 Å². The van der Waals surface area contributed by atoms with Gasteiger partial charge in [0.05, 0.1) is 12.1 Å². The van der Waals surface area contributed by atoms with Gasteiger partial charge in [-0.2, -0.15) is 0 Å². The summed E-state index contributed by atoms with van der Waals surface area (Å²) in [5.74, 6) is -3.83. The molecule has 21 heavy (non-hydrogen) atoms. The fraction of sp³-hybridized carbons (Fsp3) is 0.143. The van der Waals surface area contributed by atoms with Crippen LogP contribution < -0.4 is 0 Å². The number of carboxylic acids is 1. The lowest BCUT2D eigenvalue weighted by molar-refractivity contribution is -0.148. The van der Waals surface area contributed by atoms with Crippen LogP contribution in [0.2, 0.25) is 0 Å². The van der Waals surface area contributed by atoms with Crippen LogP contribution in [0.4, 0.5) is 4.39 Å². The summed E-state index contributed by atoms with van der Waals surface area (Å²) < 4.78 is 13.5. The normalized spacial score (nSPS) is 10.3. The van der Waals surface area contributed by atoms with Crippen LogP contribution in [0.15, 0.2) is 29.6 Å². The highest BCUT2D eigenvalue weighted by molar-refractivity contribution is 7.11. The number of hydrogen-bond acceptors (Lipinski definition) is 5. The molecule has 0 unspecified atom stereocenters. The number of rotatable bonds is 6. The standard InChI is InChI=1S/C14H10FNO4S/c15-10-4-2-1-3-8(10)5-9-7-21-13(16-9)11(17)6-12(18)14(19)20/h1-4,7H,5-6H2,(H,19,20). The third kappa shape index (κ3) is 3.79. The molecule has 0 fully saturated rings. The van der Waals surface area contributed by atoms with E-state index in [2.05, 4.69) is 4.98 Å². The Balaban J connectivity index is 2.08. The number of Topliss-reactive ketones (excluding diaryl/α,β-unsaturated/α-hetero) is 2. The molecule has 0 aliphatic rings. The number of carbonyl (C=O) groups is 3. The minimum absolute atomic E-state index is 0.0518. The summed E-state index contributed by atoms with van der Waals surface area (Å²) in [5, 5.41) is 10.1. The number of carboxylic acid groups (broad SMARTS) is 1. The molecule has 0 aliphatic carbocycles. The number of ketones is 2. The van der Waals surface area contributed by atoms with Crippen LogP contribution in [0.25, 0.3) is 0 Å². The van der Waals surface area contributed by atoms with Gasteiger partial charge >= 0.3 is 5.97 Å². The maximum absolute atomic E-state index is 13.5. The van der Waals surface area contributed by atoms with Crippen molar-refractivity contribution in [2.24, 2.45) is 0 Å². The summed E-state index contributed by atoms with van der Waals surface area (Å²) in [6.45, 7) is 0. The van der Waals surface area contributed by atoms with Gasteiger partial charge in [-0.15, -0.1) is 11.3 Å². The molecule has 7 heteroatoms. The van der Waals surface area contributed by atoms with Crippen molar-refractivity contribution in [3.05, 3.63) is 51.7 Å². The molecule has 0 amide bonds. The third-order valence-corrected chi connectivity index (χ3v) is 3.61. The molecule has 1 N–H and O–H groups in total. The fourth-order valence-corrected chi connectivity index (χ4v) is 2.41. The summed E-state index contributed by atoms with van der Waals surface area (Å²) in [6.07, 6.45) is -0.495. The zero-order valence-corrected chi connectivity index (χ0v) is 11.5. The quantitative estimate of drug-likeness (QED) is 0.502. The minimum Gasteiger partial charge on any atom is -0.475 e. The highest BCUT2D eigenvalue weighted by atomic mass is 32.1. The Hall–Kier alpha value is -2.41. The van der Waals surface area contributed by atoms with E-state index in [1.54, 1.807) is 23.6 Å². The predicted octanol–water partition coefficient (Wildman–Crippen LogP) is 2.10. The third-order valence-electron chi connectivity index (χ3n) is 2.68. The molecular weight excluding hydrogens is 297 g/mol. The molecule has 0 radical (unpaired) electrons. The Morgan fingerprint density at radius 1 is 1.24 bits per heavy atom. The molecule has 1 aromatic carbocycles. The van der Waals surface area contributed by atoms with Gasteiger partial charge in [0.2, 0.25) is 5.78 Å². The lowest BCUT2D eigenvalue weighted by Gasteiger charge is -1.99. The van der Waals surface area contributed by atoms with Crippen LogP contribution in [-0.4, -0.2) is 27.6 Å². The van der Waals surface area contributed by atoms with Gasteiger partial charge in [-0.3, -0.25) is 9.59 Å². The van der Waals surface area contributed by atoms with Gasteiger partial charge in [0.25, 0.3) is 0 Å². The lowest BCUT2D eigenvalue weighted by Crippen LogP contribution is -2.17. The Bertz CT molecular complexity index is 711. The second-order valence-corrected chi connectivity index (χ2v) is 5.10. The molecule has 0 spiro atoms. The number of hydrogen-bond donors (Lipinski definition) is 1. The van der Waals surface area contributed by atoms with Crippen LogP contribution >= 0.6 is 11.3 Å². The van der Waals surface area contributed by atoms with Crippen LogP contribution in [0.1, 0.15) is 27.5 Å². The molecular formula is C14H10FNO4S. The first kappa shape index (κ1) is 15.0. The van der Waals surface area contributed by atoms with Crippen molar-refractivity contribution < 1.29 is 23.9 Å². The maximum Gasteiger partial charge on any atom is 0.372 e. The van der Waals surface area contributed by atoms with Crippen LogP contribution in [0, 0.1) is 5.82 Å². The van der Waals surface area contributed by atoms with Gasteiger partial charge in [0.1, 0.15) is 5.82 Å². The van der Waals surface area contributed by atoms with Crippen LogP contribution in [0.3, 0.4) is 0 Å². The Labute approximate surface area is 123 Å². The number of nitrogens with zero attached hydrogens (tertiary/aromatic N) is 1. The first-order valence-corrected chi connectivity index (χ1v) is 6.82. The summed E-state index contributed by atoms with van der Waals surface area (Å²) >= 11 is 1.01. The average Bonchev–Trinajstić information content (AvgIpc) is 2.90. The van der Waals surface area contributed by atoms with E-state index in [0.29, 0.717) is 11.3 Å². The molecule has 0 saturated heterocycles. The zero-order chi connectivity index (χ0) is 15.4. The number of benzene rings is 1. The van der Waals surface area contributed by atoms with Crippen molar-refractivity contribution in [3.63, 3.8) is 0 Å². The Morgan fingerprint density at radius 3 is 2.62 bits per heavy atom. The molecule has 0 saturated carbocycles. The van der Waals surface area contributed by atoms with Crippen molar-refractivity contribution in [1.82, 2.24) is 4.98 Å². The Morgan fingerprint density at radius 2 is 1.95 bits per heavy atom. The predicted molar refractivity (Wildman–Crippen MR) is 72.9 cm³/mol. The topological polar surface area (TPSA) is 84.3 Å². The molecule has 108 valence electrons. The minimum atomic E-state index is -1.65. The SMILES string of the molecule is O=C(O)C(=O)CC(=O)c1nc(Cc2ccccc2F)cs1. The average molecular weight is 307 g/mol. The van der Waals surface area contributed by atoms with Crippen molar-refractivity contribution >= 4 is 28.9 Å². The first-order chi connectivity index (χ1) is 9.97. The van der Waals surface area contributed by atoms with E-state index in [1.807, 2.05) is 0 Å². The lowest BCUT2D eigenvalue weighted by atomic mass is 10.1. The van der Waals surface area contributed by atoms with Gasteiger partial charge in [0.15, 0.2) is 10.8 Å². The highest BCUT2D eigenvalue weighted by Gasteiger charge is 2.20. The summed E-state index contributed by atoms with van der Waals surface area (Å²) in [5.41, 5.74) is 0.944. The second kappa shape index (κ2) is 6.36. The van der Waals surface area contributed by atoms with Gasteiger partial charge in [-0.1, -0.05) is 18.2 Å². The molecule has 0 aliphatic heterocycles. The number of thiazole rings is 1. The zero-order valence-electron chi connectivity index (χ0n) is 10.7. The van der Waals surface area contributed by atoms with Gasteiger partial charge in [-0.05, 0) is 11.6 Å². The second-order valence-electron chi connectivity index (χ2n) is 4.24. The van der Waals surface area contributed by atoms with Gasteiger partial charge < -0.3 is 5.11 Å². The summed E-state index contributed by atoms with van der Waals surface area (Å²) in [7, 11) is 0. The summed E-state index contributed by atoms with van der Waals surface area (Å²) in [4.78, 5) is 37.1. The first-order valence-electron chi connectivity index (χ1n) is 5.94. The van der Waals surface area contributed by atoms with E-state index in [4.69, 9.17) is 5.11 Å². The fourth-order valence-electron chi connectivity index (χ4n) is 1.65. The van der Waals surface area contributed by atoms with E-state index in [0.717, 1.165) is 11.3 Å². The monoisotopic (exact) mass is 307 g/mol. The largest absolute Gasteiger partial charge is 0.475 e. The van der Waals surface area contributed by atoms with Crippen LogP contribution in [-0.2, 0) is 16.0 Å². The van der Waals surface area contributed by atoms with Gasteiger partial charge in [-0.25, -0.2) is 14.2 Å². The maximum atomic E-state index is 13.5. The van der Waals surface area contributed by atoms with Crippen molar-refractivity contribution in [1.29, 1.82) is 0 Å². The molecule has 0 bridgehead atoms. The van der Waals surface area contributed by atoms with E-state index >= 15 is 0 Å².